The van der Waals surface area contributed by atoms with E-state index in [9.17, 15) is 23.6 Å². The van der Waals surface area contributed by atoms with Crippen LogP contribution in [0.5, 0.6) is 0 Å². The number of alkyl halides is 1. The van der Waals surface area contributed by atoms with Crippen molar-refractivity contribution < 1.29 is 23.6 Å². The molecule has 0 unspecified atom stereocenters. The summed E-state index contributed by atoms with van der Waals surface area (Å²) in [5, 5.41) is 6.90. The van der Waals surface area contributed by atoms with Crippen LogP contribution in [0.3, 0.4) is 0 Å². The van der Waals surface area contributed by atoms with Gasteiger partial charge in [-0.05, 0) is 35.7 Å². The number of rotatable bonds is 4. The number of hydrogen-bond acceptors (Lipinski definition) is 5. The highest BCUT2D eigenvalue weighted by atomic mass is 19.1. The van der Waals surface area contributed by atoms with Crippen LogP contribution in [-0.2, 0) is 17.9 Å². The van der Waals surface area contributed by atoms with E-state index in [0.717, 1.165) is 15.1 Å². The molecule has 8 nitrogen and oxygen atoms in total. The molecule has 0 saturated heterocycles. The molecule has 2 aliphatic rings. The molecule has 0 bridgehead atoms. The van der Waals surface area contributed by atoms with Gasteiger partial charge in [0.05, 0.1) is 11.1 Å². The summed E-state index contributed by atoms with van der Waals surface area (Å²) in [6.45, 7) is 1.12. The number of amides is 3. The average Bonchev–Trinajstić information content (AvgIpc) is 3.25. The van der Waals surface area contributed by atoms with Crippen molar-refractivity contribution in [2.45, 2.75) is 26.4 Å². The number of anilines is 2. The highest BCUT2D eigenvalue weighted by Crippen LogP contribution is 2.37. The van der Waals surface area contributed by atoms with E-state index in [1.54, 1.807) is 49.4 Å². The van der Waals surface area contributed by atoms with Crippen molar-refractivity contribution in [3.05, 3.63) is 75.8 Å². The summed E-state index contributed by atoms with van der Waals surface area (Å²) in [6, 6.07) is 11.6. The van der Waals surface area contributed by atoms with E-state index in [4.69, 9.17) is 0 Å². The second-order valence-electron chi connectivity index (χ2n) is 7.68. The number of nitrogens with one attached hydrogen (secondary N) is 1. The Labute approximate surface area is 181 Å². The summed E-state index contributed by atoms with van der Waals surface area (Å²) in [4.78, 5) is 51.6. The molecule has 3 heterocycles. The van der Waals surface area contributed by atoms with Crippen LogP contribution in [-0.4, -0.2) is 33.4 Å². The molecule has 1 aromatic heterocycles. The zero-order valence-corrected chi connectivity index (χ0v) is 17.0. The van der Waals surface area contributed by atoms with Crippen molar-refractivity contribution in [1.82, 2.24) is 9.78 Å². The lowest BCUT2D eigenvalue weighted by atomic mass is 9.97. The Balaban J connectivity index is 1.69. The number of fused-ring (bicyclic) bond motifs is 2. The van der Waals surface area contributed by atoms with Gasteiger partial charge in [-0.25, -0.2) is 9.29 Å². The fourth-order valence-corrected chi connectivity index (χ4v) is 4.12. The van der Waals surface area contributed by atoms with Crippen molar-refractivity contribution in [1.29, 1.82) is 0 Å². The lowest BCUT2D eigenvalue weighted by Crippen LogP contribution is -2.31. The summed E-state index contributed by atoms with van der Waals surface area (Å²) in [7, 11) is 0. The fraction of sp³-hybridized carbons (Fsp3) is 0.174. The summed E-state index contributed by atoms with van der Waals surface area (Å²) in [5.74, 6) is -2.10. The van der Waals surface area contributed by atoms with Gasteiger partial charge >= 0.3 is 0 Å². The van der Waals surface area contributed by atoms with Gasteiger partial charge in [0.25, 0.3) is 17.7 Å². The minimum Gasteiger partial charge on any atom is -0.310 e. The van der Waals surface area contributed by atoms with Crippen molar-refractivity contribution in [3.8, 4) is 0 Å². The molecule has 0 fully saturated rings. The smallest absolute Gasteiger partial charge is 0.267 e. The van der Waals surface area contributed by atoms with Gasteiger partial charge in [0, 0.05) is 12.0 Å². The van der Waals surface area contributed by atoms with Crippen LogP contribution in [0.15, 0.2) is 42.5 Å². The molecular formula is C23H17FN4O4. The summed E-state index contributed by atoms with van der Waals surface area (Å²) in [6.07, 6.45) is -0.267. The molecule has 3 aromatic rings. The molecule has 0 spiro atoms. The van der Waals surface area contributed by atoms with Gasteiger partial charge in [0.1, 0.15) is 18.9 Å². The molecular weight excluding hydrogens is 415 g/mol. The van der Waals surface area contributed by atoms with Crippen molar-refractivity contribution in [3.63, 3.8) is 0 Å². The molecule has 0 aliphatic carbocycles. The topological polar surface area (TPSA) is 101 Å². The Bertz CT molecular complexity index is 1310. The minimum atomic E-state index is -0.647. The maximum atomic E-state index is 13.4. The lowest BCUT2D eigenvalue weighted by molar-refractivity contribution is -0.115. The van der Waals surface area contributed by atoms with Crippen molar-refractivity contribution in [2.24, 2.45) is 0 Å². The third kappa shape index (κ3) is 2.85. The fourth-order valence-electron chi connectivity index (χ4n) is 4.12. The monoisotopic (exact) mass is 432 g/mol. The van der Waals surface area contributed by atoms with Gasteiger partial charge in [-0.15, -0.1) is 5.10 Å². The van der Waals surface area contributed by atoms with Gasteiger partial charge in [0.15, 0.2) is 5.82 Å². The Morgan fingerprint density at radius 3 is 2.28 bits per heavy atom. The standard InChI is InChI=1S/C23H17FN4O4/c1-12-13(5-4-6-14(12)11-24)9-17-20-25-18(29)10-19(30)28(20)26-21(17)27-22(31)15-7-2-3-8-16(15)23(27)32/h2-8H,9-11H2,1H3,(H,25,29). The largest absolute Gasteiger partial charge is 0.310 e. The molecule has 0 saturated carbocycles. The highest BCUT2D eigenvalue weighted by Gasteiger charge is 2.41. The summed E-state index contributed by atoms with van der Waals surface area (Å²) >= 11 is 0. The van der Waals surface area contributed by atoms with E-state index < -0.39 is 36.7 Å². The first-order valence-electron chi connectivity index (χ1n) is 9.96. The first-order valence-corrected chi connectivity index (χ1v) is 9.96. The van der Waals surface area contributed by atoms with Crippen molar-refractivity contribution in [2.75, 3.05) is 10.2 Å². The number of benzene rings is 2. The Morgan fingerprint density at radius 2 is 1.62 bits per heavy atom. The second-order valence-corrected chi connectivity index (χ2v) is 7.68. The zero-order chi connectivity index (χ0) is 22.6. The Morgan fingerprint density at radius 1 is 0.969 bits per heavy atom. The molecule has 32 heavy (non-hydrogen) atoms. The van der Waals surface area contributed by atoms with E-state index in [1.165, 1.54) is 0 Å². The maximum absolute atomic E-state index is 13.4. The molecule has 160 valence electrons. The van der Waals surface area contributed by atoms with Crippen LogP contribution in [0.1, 0.15) is 54.2 Å². The van der Waals surface area contributed by atoms with Gasteiger partial charge in [0.2, 0.25) is 5.91 Å². The molecule has 1 N–H and O–H groups in total. The molecule has 5 rings (SSSR count). The lowest BCUT2D eigenvalue weighted by Gasteiger charge is -2.16. The molecule has 3 amide bonds. The predicted octanol–water partition coefficient (Wildman–Crippen LogP) is 3.03. The van der Waals surface area contributed by atoms with Crippen LogP contribution in [0.25, 0.3) is 0 Å². The first kappa shape index (κ1) is 19.8. The number of nitrogens with zero attached hydrogens (tertiary/aromatic N) is 3. The van der Waals surface area contributed by atoms with Gasteiger partial charge in [-0.3, -0.25) is 19.2 Å². The van der Waals surface area contributed by atoms with E-state index in [2.05, 4.69) is 10.4 Å². The van der Waals surface area contributed by atoms with Crippen LogP contribution in [0, 0.1) is 6.92 Å². The van der Waals surface area contributed by atoms with Gasteiger partial charge < -0.3 is 5.32 Å². The molecule has 0 atom stereocenters. The van der Waals surface area contributed by atoms with Gasteiger partial charge in [-0.2, -0.15) is 4.68 Å². The number of carbonyl (C=O) groups excluding carboxylic acids is 4. The van der Waals surface area contributed by atoms with Crippen LogP contribution in [0.2, 0.25) is 0 Å². The first-order chi connectivity index (χ1) is 15.4. The molecule has 2 aromatic carbocycles. The number of carbonyl (C=O) groups is 4. The Hall–Kier alpha value is -4.14. The van der Waals surface area contributed by atoms with E-state index >= 15 is 0 Å². The Kier molecular flexibility index (Phi) is 4.47. The predicted molar refractivity (Wildman–Crippen MR) is 112 cm³/mol. The molecule has 2 aliphatic heterocycles. The molecule has 0 radical (unpaired) electrons. The third-order valence-electron chi connectivity index (χ3n) is 5.84. The van der Waals surface area contributed by atoms with Crippen LogP contribution in [0.4, 0.5) is 16.0 Å². The van der Waals surface area contributed by atoms with Crippen LogP contribution >= 0.6 is 0 Å². The number of aromatic nitrogens is 2. The zero-order valence-electron chi connectivity index (χ0n) is 17.0. The summed E-state index contributed by atoms with van der Waals surface area (Å²) in [5.41, 5.74) is 2.74. The SMILES string of the molecule is Cc1c(CF)cccc1Cc1c(N2C(=O)c3ccccc3C2=O)nn2c1NC(=O)CC2=O. The number of halogens is 1. The quantitative estimate of drug-likeness (QED) is 0.504. The van der Waals surface area contributed by atoms with E-state index in [-0.39, 0.29) is 29.2 Å². The summed E-state index contributed by atoms with van der Waals surface area (Å²) < 4.78 is 14.4. The second kappa shape index (κ2) is 7.23. The minimum absolute atomic E-state index is 0.0215. The molecule has 9 heteroatoms. The average molecular weight is 432 g/mol. The normalized spacial score (nSPS) is 15.1. The van der Waals surface area contributed by atoms with Crippen LogP contribution < -0.4 is 10.2 Å². The highest BCUT2D eigenvalue weighted by molar-refractivity contribution is 6.34. The van der Waals surface area contributed by atoms with E-state index in [0.29, 0.717) is 16.7 Å². The number of imide groups is 1. The third-order valence-corrected chi connectivity index (χ3v) is 5.84. The van der Waals surface area contributed by atoms with Gasteiger partial charge in [-0.1, -0.05) is 30.3 Å². The number of hydrogen-bond donors (Lipinski definition) is 1. The maximum Gasteiger partial charge on any atom is 0.267 e. The van der Waals surface area contributed by atoms with E-state index in [1.807, 2.05) is 0 Å². The van der Waals surface area contributed by atoms with Crippen molar-refractivity contribution >= 4 is 35.3 Å².